The Bertz CT molecular complexity index is 5740. The number of nitrogens with zero attached hydrogens (tertiary/aromatic N) is 12. The van der Waals surface area contributed by atoms with Gasteiger partial charge < -0.3 is 9.13 Å². The topological polar surface area (TPSA) is 148 Å². The first-order chi connectivity index (χ1) is 47.1. The summed E-state index contributed by atoms with van der Waals surface area (Å²) in [5, 5.41) is 44.0. The number of rotatable bonds is 10. The lowest BCUT2D eigenvalue weighted by Gasteiger charge is -2.20. The molecule has 15 aromatic rings. The van der Waals surface area contributed by atoms with E-state index >= 15 is 0 Å². The third-order valence-electron chi connectivity index (χ3n) is 17.4. The first-order valence-corrected chi connectivity index (χ1v) is 30.3. The minimum Gasteiger partial charge on any atom is -0.309 e. The SMILES string of the molecule is [C-]#[N+]c1cc(C#N)cc(-c2ccc3c(c2)c2cc(-c4cc(C#N)cc([N+]#[C-])c4)ccc2n3-c2ccccc2-c2cc(-c3nc(-c4ccccc4)cc(-c4ccccc4)n3)ccc2-n2c3ccc(-c4cc(C#N)cc([N+]#[C-])c4)cc3c3cc(-c4cc(C#N)cc([N+]#[C-])c4)ccc32)c1. The van der Waals surface area contributed by atoms with Gasteiger partial charge in [0.25, 0.3) is 0 Å². The van der Waals surface area contributed by atoms with Gasteiger partial charge in [-0.3, -0.25) is 0 Å². The van der Waals surface area contributed by atoms with Crippen molar-refractivity contribution in [2.24, 2.45) is 0 Å². The van der Waals surface area contributed by atoms with E-state index in [9.17, 15) is 21.0 Å². The van der Waals surface area contributed by atoms with Crippen molar-refractivity contribution in [2.45, 2.75) is 0 Å². The van der Waals surface area contributed by atoms with Crippen LogP contribution in [0.4, 0.5) is 22.7 Å². The van der Waals surface area contributed by atoms with Gasteiger partial charge >= 0.3 is 0 Å². The normalized spacial score (nSPS) is 10.8. The Hall–Kier alpha value is -14.8. The lowest BCUT2D eigenvalue weighted by molar-refractivity contribution is 1.15. The van der Waals surface area contributed by atoms with Gasteiger partial charge in [0.05, 0.1) is 95.4 Å². The Balaban J connectivity index is 1.03. The van der Waals surface area contributed by atoms with E-state index in [1.54, 1.807) is 72.8 Å². The maximum absolute atomic E-state index is 10.1. The van der Waals surface area contributed by atoms with Crippen LogP contribution in [0.3, 0.4) is 0 Å². The molecule has 0 saturated carbocycles. The van der Waals surface area contributed by atoms with Crippen LogP contribution in [0.15, 0.2) is 255 Å². The molecule has 15 rings (SSSR count). The predicted octanol–water partition coefficient (Wildman–Crippen LogP) is 21.7. The number of para-hydroxylation sites is 1. The molecule has 0 unspecified atom stereocenters. The highest BCUT2D eigenvalue weighted by molar-refractivity contribution is 6.14. The summed E-state index contributed by atoms with van der Waals surface area (Å²) in [5.41, 5.74) is 19.4. The van der Waals surface area contributed by atoms with E-state index in [-0.39, 0.29) is 0 Å². The second-order valence-corrected chi connectivity index (χ2v) is 23.0. The molecule has 0 aliphatic rings. The predicted molar refractivity (Wildman–Crippen MR) is 378 cm³/mol. The second kappa shape index (κ2) is 23.9. The van der Waals surface area contributed by atoms with E-state index in [0.29, 0.717) is 73.1 Å². The van der Waals surface area contributed by atoms with Gasteiger partial charge in [0, 0.05) is 71.6 Å². The van der Waals surface area contributed by atoms with Gasteiger partial charge in [0.1, 0.15) is 0 Å². The van der Waals surface area contributed by atoms with Crippen LogP contribution >= 0.6 is 0 Å². The van der Waals surface area contributed by atoms with E-state index in [1.165, 1.54) is 0 Å². The lowest BCUT2D eigenvalue weighted by Crippen LogP contribution is -2.03. The second-order valence-electron chi connectivity index (χ2n) is 23.0. The summed E-state index contributed by atoms with van der Waals surface area (Å²) in [5.74, 6) is 0.495. The molecule has 3 heterocycles. The molecule has 0 radical (unpaired) electrons. The van der Waals surface area contributed by atoms with Gasteiger partial charge in [-0.05, 0) is 196 Å². The first-order valence-electron chi connectivity index (χ1n) is 30.3. The van der Waals surface area contributed by atoms with Gasteiger partial charge in [0.15, 0.2) is 28.6 Å². The number of hydrogen-bond acceptors (Lipinski definition) is 6. The third kappa shape index (κ3) is 10.3. The Labute approximate surface area is 551 Å². The Morgan fingerprint density at radius 2 is 0.594 bits per heavy atom. The standard InChI is InChI=1S/C84H42N12/c1-89-66-33-51(47-85)29-62(37-66)57-19-24-80-72(41-57)73-42-58(63-30-52(48-86)34-67(38-63)90-2)20-25-81(73)95(80)78-18-12-11-17-70(78)71-45-61(84-93-76(55-13-7-5-8-14-55)46-77(94-84)56-15-9-6-10-16-56)23-28-79(71)96-82-26-21-59(64-31-53(49-87)35-68(39-64)91-3)43-74(82)75-44-60(22-27-83(75)96)65-32-54(50-88)36-69(40-65)92-4/h5-46H. The van der Waals surface area contributed by atoms with Crippen molar-refractivity contribution in [3.05, 3.63) is 323 Å². The number of hydrogen-bond donors (Lipinski definition) is 0. The van der Waals surface area contributed by atoms with Gasteiger partial charge in [-0.1, -0.05) is 103 Å². The van der Waals surface area contributed by atoms with Crippen LogP contribution in [0, 0.1) is 71.6 Å². The van der Waals surface area contributed by atoms with E-state index in [4.69, 9.17) is 36.3 Å². The molecule has 0 amide bonds. The maximum Gasteiger partial charge on any atom is 0.189 e. The van der Waals surface area contributed by atoms with Crippen molar-refractivity contribution in [1.29, 1.82) is 21.0 Å². The summed E-state index contributed by atoms with van der Waals surface area (Å²) >= 11 is 0. The molecule has 12 nitrogen and oxygen atoms in total. The molecule has 3 aromatic heterocycles. The highest BCUT2D eigenvalue weighted by Crippen LogP contribution is 2.46. The smallest absolute Gasteiger partial charge is 0.189 e. The molecule has 0 spiro atoms. The van der Waals surface area contributed by atoms with Gasteiger partial charge in [-0.25, -0.2) is 29.3 Å². The average molecular weight is 1220 g/mol. The van der Waals surface area contributed by atoms with Crippen LogP contribution in [0.5, 0.6) is 0 Å². The fourth-order valence-corrected chi connectivity index (χ4v) is 13.0. The molecule has 0 saturated heterocycles. The quantitative estimate of drug-likeness (QED) is 0.125. The number of fused-ring (bicyclic) bond motifs is 6. The molecule has 0 aliphatic heterocycles. The molecule has 12 aromatic carbocycles. The van der Waals surface area contributed by atoms with E-state index in [0.717, 1.165) is 116 Å². The molecule has 0 N–H and O–H groups in total. The van der Waals surface area contributed by atoms with Crippen molar-refractivity contribution >= 4 is 66.4 Å². The Kier molecular flexibility index (Phi) is 14.3. The van der Waals surface area contributed by atoms with Crippen molar-refractivity contribution in [3.8, 4) is 125 Å². The molecule has 438 valence electrons. The third-order valence-corrected chi connectivity index (χ3v) is 17.4. The largest absolute Gasteiger partial charge is 0.309 e. The van der Waals surface area contributed by atoms with Crippen LogP contribution in [0.25, 0.3) is 164 Å². The zero-order chi connectivity index (χ0) is 65.6. The van der Waals surface area contributed by atoms with Crippen LogP contribution in [0.1, 0.15) is 22.3 Å². The fourth-order valence-electron chi connectivity index (χ4n) is 13.0. The van der Waals surface area contributed by atoms with Crippen LogP contribution in [-0.2, 0) is 0 Å². The molecule has 0 atom stereocenters. The summed E-state index contributed by atoms with van der Waals surface area (Å²) in [6.45, 7) is 31.7. The highest BCUT2D eigenvalue weighted by atomic mass is 15.0. The summed E-state index contributed by atoms with van der Waals surface area (Å²) < 4.78 is 4.50. The number of aromatic nitrogens is 4. The van der Waals surface area contributed by atoms with Crippen LogP contribution in [0.2, 0.25) is 0 Å². The van der Waals surface area contributed by atoms with Crippen molar-refractivity contribution in [3.63, 3.8) is 0 Å². The number of nitriles is 4. The molecule has 0 bridgehead atoms. The lowest BCUT2D eigenvalue weighted by atomic mass is 9.97. The molecular formula is C84H42N12. The zero-order valence-corrected chi connectivity index (χ0v) is 50.6. The van der Waals surface area contributed by atoms with Gasteiger partial charge in [0.2, 0.25) is 0 Å². The maximum atomic E-state index is 10.1. The van der Waals surface area contributed by atoms with Gasteiger partial charge in [-0.2, -0.15) is 21.0 Å². The van der Waals surface area contributed by atoms with E-state index < -0.39 is 0 Å². The summed E-state index contributed by atoms with van der Waals surface area (Å²) in [6, 6.07) is 91.0. The monoisotopic (exact) mass is 1220 g/mol. The molecular weight excluding hydrogens is 1180 g/mol. The van der Waals surface area contributed by atoms with Crippen molar-refractivity contribution in [1.82, 2.24) is 19.1 Å². The van der Waals surface area contributed by atoms with E-state index in [1.807, 2.05) is 103 Å². The summed E-state index contributed by atoms with van der Waals surface area (Å²) in [7, 11) is 0. The molecule has 0 fully saturated rings. The average Bonchev–Trinajstić information content (AvgIpc) is 1.55. The van der Waals surface area contributed by atoms with E-state index in [2.05, 4.69) is 132 Å². The molecule has 12 heteroatoms. The van der Waals surface area contributed by atoms with Crippen molar-refractivity contribution in [2.75, 3.05) is 0 Å². The zero-order valence-electron chi connectivity index (χ0n) is 50.6. The summed E-state index contributed by atoms with van der Waals surface area (Å²) in [6.07, 6.45) is 0. The fraction of sp³-hybridized carbons (Fsp3) is 0. The first kappa shape index (κ1) is 57.7. The minimum absolute atomic E-state index is 0.338. The van der Waals surface area contributed by atoms with Crippen molar-refractivity contribution < 1.29 is 0 Å². The molecule has 96 heavy (non-hydrogen) atoms. The van der Waals surface area contributed by atoms with Gasteiger partial charge in [-0.15, -0.1) is 0 Å². The molecule has 0 aliphatic carbocycles. The Morgan fingerprint density at radius 1 is 0.271 bits per heavy atom. The highest BCUT2D eigenvalue weighted by Gasteiger charge is 2.24. The minimum atomic E-state index is 0.338. The summed E-state index contributed by atoms with van der Waals surface area (Å²) in [4.78, 5) is 25.6. The van der Waals surface area contributed by atoms with Crippen LogP contribution in [-0.4, -0.2) is 19.1 Å². The van der Waals surface area contributed by atoms with Crippen LogP contribution < -0.4 is 0 Å². The Morgan fingerprint density at radius 3 is 0.938 bits per heavy atom. The number of benzene rings is 12.